The number of carbonyl (C=O) groups is 1. The van der Waals surface area contributed by atoms with Gasteiger partial charge in [0.1, 0.15) is 12.2 Å². The van der Waals surface area contributed by atoms with Gasteiger partial charge in [0, 0.05) is 30.5 Å². The topological polar surface area (TPSA) is 82.2 Å². The number of hydrogen-bond donors (Lipinski definition) is 1. The molecule has 0 aliphatic carbocycles. The van der Waals surface area contributed by atoms with Gasteiger partial charge in [0.25, 0.3) is 5.89 Å². The highest BCUT2D eigenvalue weighted by molar-refractivity contribution is 5.88. The second-order valence-corrected chi connectivity index (χ2v) is 7.71. The van der Waals surface area contributed by atoms with Crippen molar-refractivity contribution in [2.24, 2.45) is 5.92 Å². The van der Waals surface area contributed by atoms with Crippen LogP contribution in [0.2, 0.25) is 0 Å². The van der Waals surface area contributed by atoms with Crippen molar-refractivity contribution in [1.82, 2.24) is 20.1 Å². The Hall–Kier alpha value is -2.67. The Morgan fingerprint density at radius 1 is 1.32 bits per heavy atom. The fraction of sp³-hybridized carbons (Fsp3) is 0.476. The van der Waals surface area contributed by atoms with Crippen molar-refractivity contribution < 1.29 is 13.9 Å². The Kier molecular flexibility index (Phi) is 5.43. The summed E-state index contributed by atoms with van der Waals surface area (Å²) in [6, 6.07) is 9.95. The largest absolute Gasteiger partial charge is 0.419 e. The molecule has 1 aliphatic rings. The molecule has 1 aromatic carbocycles. The van der Waals surface area contributed by atoms with Crippen LogP contribution in [0.4, 0.5) is 0 Å². The van der Waals surface area contributed by atoms with Gasteiger partial charge in [0.2, 0.25) is 11.8 Å². The molecule has 7 nitrogen and oxygen atoms in total. The van der Waals surface area contributed by atoms with Crippen LogP contribution in [0.3, 0.4) is 0 Å². The van der Waals surface area contributed by atoms with E-state index in [1.165, 1.54) is 0 Å². The van der Waals surface area contributed by atoms with Gasteiger partial charge in [-0.25, -0.2) is 0 Å². The summed E-state index contributed by atoms with van der Waals surface area (Å²) >= 11 is 0. The van der Waals surface area contributed by atoms with Gasteiger partial charge in [-0.3, -0.25) is 4.79 Å². The molecule has 1 atom stereocenters. The van der Waals surface area contributed by atoms with Crippen LogP contribution in [0.5, 0.6) is 0 Å². The van der Waals surface area contributed by atoms with Crippen molar-refractivity contribution in [1.29, 1.82) is 0 Å². The normalized spacial score (nSPS) is 16.9. The van der Waals surface area contributed by atoms with Gasteiger partial charge in [-0.15, -0.1) is 10.2 Å². The summed E-state index contributed by atoms with van der Waals surface area (Å²) in [4.78, 5) is 12.6. The summed E-state index contributed by atoms with van der Waals surface area (Å²) in [6.07, 6.45) is 2.91. The quantitative estimate of drug-likeness (QED) is 0.679. The Labute approximate surface area is 164 Å². The van der Waals surface area contributed by atoms with Gasteiger partial charge < -0.3 is 19.0 Å². The second-order valence-electron chi connectivity index (χ2n) is 7.71. The van der Waals surface area contributed by atoms with Crippen molar-refractivity contribution >= 4 is 16.8 Å². The smallest absolute Gasteiger partial charge is 0.264 e. The van der Waals surface area contributed by atoms with Gasteiger partial charge >= 0.3 is 0 Å². The minimum atomic E-state index is -0.0555. The zero-order valence-electron chi connectivity index (χ0n) is 16.4. The van der Waals surface area contributed by atoms with E-state index in [-0.39, 0.29) is 18.6 Å². The molecule has 1 fully saturated rings. The molecule has 2 aromatic heterocycles. The van der Waals surface area contributed by atoms with Crippen molar-refractivity contribution in [3.05, 3.63) is 36.2 Å². The van der Waals surface area contributed by atoms with E-state index in [0.717, 1.165) is 42.5 Å². The lowest BCUT2D eigenvalue weighted by Gasteiger charge is -2.12. The summed E-state index contributed by atoms with van der Waals surface area (Å²) in [5.74, 6) is 1.44. The van der Waals surface area contributed by atoms with Crippen LogP contribution in [-0.2, 0) is 22.5 Å². The molecule has 1 aliphatic heterocycles. The first-order chi connectivity index (χ1) is 13.6. The third-order valence-corrected chi connectivity index (χ3v) is 4.93. The molecule has 28 heavy (non-hydrogen) atoms. The summed E-state index contributed by atoms with van der Waals surface area (Å²) < 4.78 is 13.4. The molecule has 0 saturated carbocycles. The van der Waals surface area contributed by atoms with E-state index in [1.807, 2.05) is 34.9 Å². The van der Waals surface area contributed by atoms with Crippen LogP contribution in [-0.4, -0.2) is 39.9 Å². The van der Waals surface area contributed by atoms with Gasteiger partial charge in [-0.05, 0) is 30.9 Å². The van der Waals surface area contributed by atoms with Gasteiger partial charge in [-0.1, -0.05) is 32.0 Å². The second kappa shape index (κ2) is 8.14. The van der Waals surface area contributed by atoms with Crippen molar-refractivity contribution in [2.45, 2.75) is 45.8 Å². The van der Waals surface area contributed by atoms with Gasteiger partial charge in [0.05, 0.1) is 6.10 Å². The lowest BCUT2D eigenvalue weighted by atomic mass is 10.1. The highest BCUT2D eigenvalue weighted by Crippen LogP contribution is 2.28. The third kappa shape index (κ3) is 4.09. The van der Waals surface area contributed by atoms with E-state index in [4.69, 9.17) is 9.15 Å². The summed E-state index contributed by atoms with van der Waals surface area (Å²) in [5.41, 5.74) is 1.73. The van der Waals surface area contributed by atoms with E-state index in [9.17, 15) is 4.79 Å². The number of para-hydroxylation sites is 1. The molecular weight excluding hydrogens is 356 g/mol. The number of nitrogens with zero attached hydrogens (tertiary/aromatic N) is 3. The molecule has 4 rings (SSSR count). The monoisotopic (exact) mass is 382 g/mol. The van der Waals surface area contributed by atoms with Crippen LogP contribution < -0.4 is 5.32 Å². The Morgan fingerprint density at radius 2 is 2.18 bits per heavy atom. The van der Waals surface area contributed by atoms with Crippen LogP contribution in [0.1, 0.15) is 32.6 Å². The zero-order chi connectivity index (χ0) is 19.5. The van der Waals surface area contributed by atoms with Gasteiger partial charge in [-0.2, -0.15) is 0 Å². The van der Waals surface area contributed by atoms with Crippen LogP contribution in [0, 0.1) is 5.92 Å². The molecule has 0 radical (unpaired) electrons. The lowest BCUT2D eigenvalue weighted by molar-refractivity contribution is -0.122. The van der Waals surface area contributed by atoms with Crippen LogP contribution in [0.15, 0.2) is 34.7 Å². The fourth-order valence-corrected chi connectivity index (χ4v) is 3.58. The number of carbonyl (C=O) groups excluding carboxylic acids is 1. The number of fused-ring (bicyclic) bond motifs is 1. The van der Waals surface area contributed by atoms with E-state index in [2.05, 4.69) is 29.4 Å². The maximum atomic E-state index is 12.6. The maximum Gasteiger partial charge on any atom is 0.264 e. The number of benzene rings is 1. The first-order valence-corrected chi connectivity index (χ1v) is 9.89. The van der Waals surface area contributed by atoms with Crippen molar-refractivity contribution in [2.75, 3.05) is 13.2 Å². The standard InChI is InChI=1S/C21H26N4O3/c1-14(2)10-20-23-24-21(28-20)18-11-15-6-3-4-8-17(15)25(18)13-19(26)22-12-16-7-5-9-27-16/h3-4,6,8,11,14,16H,5,7,9-10,12-13H2,1-2H3,(H,22,26). The number of nitrogens with one attached hydrogen (secondary N) is 1. The average molecular weight is 382 g/mol. The van der Waals surface area contributed by atoms with E-state index in [0.29, 0.717) is 24.2 Å². The van der Waals surface area contributed by atoms with Crippen LogP contribution >= 0.6 is 0 Å². The molecule has 0 spiro atoms. The summed E-state index contributed by atoms with van der Waals surface area (Å²) in [7, 11) is 0. The summed E-state index contributed by atoms with van der Waals surface area (Å²) in [5, 5.41) is 12.4. The Bertz CT molecular complexity index is 954. The zero-order valence-corrected chi connectivity index (χ0v) is 16.4. The maximum absolute atomic E-state index is 12.6. The SMILES string of the molecule is CC(C)Cc1nnc(-c2cc3ccccc3n2CC(=O)NCC2CCCO2)o1. The van der Waals surface area contributed by atoms with E-state index in [1.54, 1.807) is 0 Å². The number of hydrogen-bond acceptors (Lipinski definition) is 5. The lowest BCUT2D eigenvalue weighted by Crippen LogP contribution is -2.34. The van der Waals surface area contributed by atoms with Crippen LogP contribution in [0.25, 0.3) is 22.5 Å². The molecular formula is C21H26N4O3. The Balaban J connectivity index is 1.58. The molecule has 148 valence electrons. The highest BCUT2D eigenvalue weighted by Gasteiger charge is 2.20. The number of amides is 1. The molecule has 1 saturated heterocycles. The number of ether oxygens (including phenoxy) is 1. The predicted octanol–water partition coefficient (Wildman–Crippen LogP) is 3.19. The first-order valence-electron chi connectivity index (χ1n) is 9.89. The Morgan fingerprint density at radius 3 is 2.96 bits per heavy atom. The van der Waals surface area contributed by atoms with E-state index >= 15 is 0 Å². The van der Waals surface area contributed by atoms with Gasteiger partial charge in [0.15, 0.2) is 0 Å². The molecule has 1 unspecified atom stereocenters. The molecule has 3 heterocycles. The number of aromatic nitrogens is 3. The highest BCUT2D eigenvalue weighted by atomic mass is 16.5. The average Bonchev–Trinajstić information content (AvgIpc) is 3.40. The van der Waals surface area contributed by atoms with Crippen molar-refractivity contribution in [3.63, 3.8) is 0 Å². The molecule has 7 heteroatoms. The first kappa shape index (κ1) is 18.7. The predicted molar refractivity (Wildman–Crippen MR) is 106 cm³/mol. The molecule has 1 amide bonds. The van der Waals surface area contributed by atoms with Crippen molar-refractivity contribution in [3.8, 4) is 11.6 Å². The molecule has 0 bridgehead atoms. The third-order valence-electron chi connectivity index (χ3n) is 4.93. The summed E-state index contributed by atoms with van der Waals surface area (Å²) in [6.45, 7) is 5.74. The minimum Gasteiger partial charge on any atom is -0.419 e. The fourth-order valence-electron chi connectivity index (χ4n) is 3.58. The molecule has 3 aromatic rings. The minimum absolute atomic E-state index is 0.0555. The molecule has 1 N–H and O–H groups in total. The number of rotatable bonds is 7. The van der Waals surface area contributed by atoms with E-state index < -0.39 is 0 Å².